The summed E-state index contributed by atoms with van der Waals surface area (Å²) in [6.45, 7) is 12.0. The zero-order valence-electron chi connectivity index (χ0n) is 20.3. The monoisotopic (exact) mass is 472 g/mol. The van der Waals surface area contributed by atoms with Gasteiger partial charge in [0.15, 0.2) is 0 Å². The molecule has 1 aromatic rings. The second-order valence-electron chi connectivity index (χ2n) is 7.76. The van der Waals surface area contributed by atoms with Gasteiger partial charge in [-0.15, -0.1) is 5.10 Å². The van der Waals surface area contributed by atoms with Crippen LogP contribution in [-0.2, 0) is 46.4 Å². The van der Waals surface area contributed by atoms with E-state index in [1.165, 1.54) is 0 Å². The molecule has 1 heterocycles. The summed E-state index contributed by atoms with van der Waals surface area (Å²) in [6, 6.07) is 0. The Morgan fingerprint density at radius 1 is 0.939 bits per heavy atom. The van der Waals surface area contributed by atoms with Gasteiger partial charge in [-0.25, -0.2) is 4.68 Å². The molecule has 0 aliphatic heterocycles. The van der Waals surface area contributed by atoms with Crippen molar-refractivity contribution in [2.24, 2.45) is 5.92 Å². The smallest absolute Gasteiger partial charge is 0.229 e. The maximum absolute atomic E-state index is 12.0. The van der Waals surface area contributed by atoms with Gasteiger partial charge in [-0.3, -0.25) is 14.5 Å². The number of hydrogen-bond donors (Lipinski definition) is 0. The zero-order valence-corrected chi connectivity index (χ0v) is 20.3. The van der Waals surface area contributed by atoms with Crippen LogP contribution in [0.2, 0.25) is 0 Å². The van der Waals surface area contributed by atoms with E-state index in [2.05, 4.69) is 17.2 Å². The van der Waals surface area contributed by atoms with Gasteiger partial charge < -0.3 is 23.7 Å². The van der Waals surface area contributed by atoms with Gasteiger partial charge in [0.1, 0.15) is 5.69 Å². The largest absolute Gasteiger partial charge is 0.379 e. The summed E-state index contributed by atoms with van der Waals surface area (Å²) in [7, 11) is 0. The lowest BCUT2D eigenvalue weighted by Crippen LogP contribution is -2.30. The van der Waals surface area contributed by atoms with Crippen molar-refractivity contribution < 1.29 is 33.3 Å². The molecular formula is C22H40N4O7. The molecule has 0 bridgehead atoms. The molecule has 0 radical (unpaired) electrons. The molecule has 0 spiro atoms. The Morgan fingerprint density at radius 2 is 1.45 bits per heavy atom. The normalized spacial score (nSPS) is 11.3. The SMILES string of the molecule is CCCOCCOCCOCCOCCOCCn1cc(CN(C=O)C(=O)CC(C)C)nn1. The van der Waals surface area contributed by atoms with Crippen molar-refractivity contribution in [3.8, 4) is 0 Å². The standard InChI is InChI=1S/C22H40N4O7/c1-4-6-29-8-10-31-12-14-33-15-13-32-11-9-30-7-5-26-18-21(23-24-26)17-25(19-27)22(28)16-20(2)3/h18-20H,4-17H2,1-3H3. The van der Waals surface area contributed by atoms with Crippen LogP contribution in [0.5, 0.6) is 0 Å². The molecule has 33 heavy (non-hydrogen) atoms. The second kappa shape index (κ2) is 19.5. The second-order valence-corrected chi connectivity index (χ2v) is 7.76. The number of nitrogens with zero attached hydrogens (tertiary/aromatic N) is 4. The molecule has 190 valence electrons. The van der Waals surface area contributed by atoms with Crippen LogP contribution in [0.25, 0.3) is 0 Å². The van der Waals surface area contributed by atoms with Gasteiger partial charge >= 0.3 is 0 Å². The highest BCUT2D eigenvalue weighted by Gasteiger charge is 2.16. The average molecular weight is 473 g/mol. The van der Waals surface area contributed by atoms with Crippen molar-refractivity contribution in [2.75, 3.05) is 66.1 Å². The van der Waals surface area contributed by atoms with E-state index >= 15 is 0 Å². The van der Waals surface area contributed by atoms with Crippen molar-refractivity contribution in [2.45, 2.75) is 46.7 Å². The molecule has 0 unspecified atom stereocenters. The maximum Gasteiger partial charge on any atom is 0.229 e. The summed E-state index contributed by atoms with van der Waals surface area (Å²) in [4.78, 5) is 24.3. The number of aromatic nitrogens is 3. The van der Waals surface area contributed by atoms with Gasteiger partial charge in [0.25, 0.3) is 0 Å². The van der Waals surface area contributed by atoms with Gasteiger partial charge in [-0.05, 0) is 12.3 Å². The molecule has 0 saturated heterocycles. The third-order valence-electron chi connectivity index (χ3n) is 4.25. The highest BCUT2D eigenvalue weighted by atomic mass is 16.6. The van der Waals surface area contributed by atoms with Crippen LogP contribution in [0, 0.1) is 5.92 Å². The third kappa shape index (κ3) is 15.5. The fraction of sp³-hybridized carbons (Fsp3) is 0.818. The van der Waals surface area contributed by atoms with Gasteiger partial charge in [0.05, 0.1) is 78.7 Å². The molecule has 0 aliphatic carbocycles. The van der Waals surface area contributed by atoms with E-state index < -0.39 is 0 Å². The lowest BCUT2D eigenvalue weighted by Gasteiger charge is -2.14. The Morgan fingerprint density at radius 3 is 1.94 bits per heavy atom. The summed E-state index contributed by atoms with van der Waals surface area (Å²) >= 11 is 0. The first kappa shape index (κ1) is 29.1. The van der Waals surface area contributed by atoms with Gasteiger partial charge in [-0.2, -0.15) is 0 Å². The van der Waals surface area contributed by atoms with E-state index in [-0.39, 0.29) is 18.4 Å². The number of amides is 2. The van der Waals surface area contributed by atoms with E-state index in [9.17, 15) is 9.59 Å². The van der Waals surface area contributed by atoms with Crippen LogP contribution in [-0.4, -0.2) is 98.3 Å². The number of imide groups is 1. The molecule has 0 aliphatic rings. The Balaban J connectivity index is 1.97. The fourth-order valence-electron chi connectivity index (χ4n) is 2.63. The third-order valence-corrected chi connectivity index (χ3v) is 4.25. The van der Waals surface area contributed by atoms with E-state index in [0.29, 0.717) is 84.5 Å². The predicted octanol–water partition coefficient (Wildman–Crippen LogP) is 1.30. The summed E-state index contributed by atoms with van der Waals surface area (Å²) in [5, 5.41) is 8.01. The van der Waals surface area contributed by atoms with Crippen molar-refractivity contribution in [3.63, 3.8) is 0 Å². The molecule has 0 atom stereocenters. The van der Waals surface area contributed by atoms with Gasteiger partial charge in [0.2, 0.25) is 12.3 Å². The number of rotatable bonds is 22. The van der Waals surface area contributed by atoms with Crippen LogP contribution in [0.1, 0.15) is 39.3 Å². The van der Waals surface area contributed by atoms with E-state index in [4.69, 9.17) is 23.7 Å². The predicted molar refractivity (Wildman–Crippen MR) is 120 cm³/mol. The van der Waals surface area contributed by atoms with E-state index in [0.717, 1.165) is 17.9 Å². The van der Waals surface area contributed by atoms with Crippen LogP contribution < -0.4 is 0 Å². The molecule has 0 saturated carbocycles. The Hall–Kier alpha value is -1.92. The minimum absolute atomic E-state index is 0.116. The van der Waals surface area contributed by atoms with Crippen LogP contribution >= 0.6 is 0 Å². The van der Waals surface area contributed by atoms with Gasteiger partial charge in [0, 0.05) is 13.0 Å². The highest BCUT2D eigenvalue weighted by molar-refractivity contribution is 5.86. The lowest BCUT2D eigenvalue weighted by molar-refractivity contribution is -0.139. The van der Waals surface area contributed by atoms with Crippen LogP contribution in [0.4, 0.5) is 0 Å². The summed E-state index contributed by atoms with van der Waals surface area (Å²) in [5.74, 6) is -0.0331. The van der Waals surface area contributed by atoms with Crippen molar-refractivity contribution >= 4 is 12.3 Å². The Kier molecular flexibility index (Phi) is 17.2. The van der Waals surface area contributed by atoms with Crippen molar-refractivity contribution in [1.29, 1.82) is 0 Å². The molecule has 11 nitrogen and oxygen atoms in total. The van der Waals surface area contributed by atoms with Crippen molar-refractivity contribution in [3.05, 3.63) is 11.9 Å². The first-order valence-corrected chi connectivity index (χ1v) is 11.6. The Labute approximate surface area is 196 Å². The Bertz CT molecular complexity index is 628. The number of carbonyl (C=O) groups is 2. The molecule has 0 aromatic carbocycles. The topological polar surface area (TPSA) is 114 Å². The lowest BCUT2D eigenvalue weighted by atomic mass is 10.1. The minimum atomic E-state index is -0.218. The maximum atomic E-state index is 12.0. The first-order chi connectivity index (χ1) is 16.1. The van der Waals surface area contributed by atoms with E-state index in [1.54, 1.807) is 10.9 Å². The number of carbonyl (C=O) groups excluding carboxylic acids is 2. The quantitative estimate of drug-likeness (QED) is 0.182. The minimum Gasteiger partial charge on any atom is -0.379 e. The molecule has 2 amide bonds. The van der Waals surface area contributed by atoms with Crippen LogP contribution in [0.15, 0.2) is 6.20 Å². The summed E-state index contributed by atoms with van der Waals surface area (Å²) in [5.41, 5.74) is 0.553. The molecule has 11 heteroatoms. The molecule has 0 N–H and O–H groups in total. The summed E-state index contributed by atoms with van der Waals surface area (Å²) in [6.07, 6.45) is 3.58. The fourth-order valence-corrected chi connectivity index (χ4v) is 2.63. The van der Waals surface area contributed by atoms with Gasteiger partial charge in [-0.1, -0.05) is 26.0 Å². The molecule has 1 aromatic heterocycles. The summed E-state index contributed by atoms with van der Waals surface area (Å²) < 4.78 is 28.7. The van der Waals surface area contributed by atoms with Crippen molar-refractivity contribution in [1.82, 2.24) is 19.9 Å². The zero-order chi connectivity index (χ0) is 24.2. The average Bonchev–Trinajstić information content (AvgIpc) is 3.24. The first-order valence-electron chi connectivity index (χ1n) is 11.6. The number of ether oxygens (including phenoxy) is 5. The highest BCUT2D eigenvalue weighted by Crippen LogP contribution is 2.06. The molecule has 1 rings (SSSR count). The number of hydrogen-bond acceptors (Lipinski definition) is 9. The van der Waals surface area contributed by atoms with Crippen LogP contribution in [0.3, 0.4) is 0 Å². The molecular weight excluding hydrogens is 432 g/mol. The van der Waals surface area contributed by atoms with E-state index in [1.807, 2.05) is 13.8 Å². The molecule has 0 fully saturated rings.